The number of unbranched alkanes of at least 4 members (excludes halogenated alkanes) is 21. The van der Waals surface area contributed by atoms with Crippen molar-refractivity contribution in [3.8, 4) is 11.8 Å². The summed E-state index contributed by atoms with van der Waals surface area (Å²) >= 11 is 0. The average molecular weight is 542 g/mol. The molecule has 1 aromatic rings. The molecule has 1 heterocycles. The molecule has 218 valence electrons. The lowest BCUT2D eigenvalue weighted by Gasteiger charge is -2.08. The third-order valence-corrected chi connectivity index (χ3v) is 8.96. The monoisotopic (exact) mass is 541 g/mol. The first-order valence-corrected chi connectivity index (χ1v) is 17.0. The molecule has 2 atom stereocenters. The van der Waals surface area contributed by atoms with E-state index in [1.807, 2.05) is 0 Å². The van der Waals surface area contributed by atoms with Gasteiger partial charge in [-0.2, -0.15) is 0 Å². The van der Waals surface area contributed by atoms with Gasteiger partial charge in [-0.25, -0.2) is 0 Å². The molecule has 1 aromatic heterocycles. The number of aromatic nitrogens is 1. The maximum Gasteiger partial charge on any atom is 0.210 e. The van der Waals surface area contributed by atoms with Gasteiger partial charge < -0.3 is 15.3 Å². The topological polar surface area (TPSA) is 82.7 Å². The molecule has 0 aliphatic carbocycles. The third-order valence-electron chi connectivity index (χ3n) is 7.39. The van der Waals surface area contributed by atoms with Crippen molar-refractivity contribution in [2.45, 2.75) is 173 Å². The van der Waals surface area contributed by atoms with Crippen molar-refractivity contribution < 1.29 is 19.5 Å². The zero-order chi connectivity index (χ0) is 27.1. The van der Waals surface area contributed by atoms with Gasteiger partial charge in [0, 0.05) is 12.6 Å². The van der Waals surface area contributed by atoms with Crippen LogP contribution in [0.25, 0.3) is 0 Å². The Morgan fingerprint density at radius 1 is 0.676 bits per heavy atom. The van der Waals surface area contributed by atoms with Gasteiger partial charge in [0.05, 0.1) is 22.7 Å². The second-order valence-electron chi connectivity index (χ2n) is 11.1. The summed E-state index contributed by atoms with van der Waals surface area (Å²) < 4.78 is 13.6. The normalized spacial score (nSPS) is 13.3. The number of aromatic hydroxyl groups is 2. The zero-order valence-corrected chi connectivity index (χ0v) is 25.0. The molecule has 0 radical (unpaired) electrons. The lowest BCUT2D eigenvalue weighted by atomic mass is 10.0. The highest BCUT2D eigenvalue weighted by Gasteiger charge is 2.19. The molecule has 2 unspecified atom stereocenters. The largest absolute Gasteiger partial charge is 0.494 e. The summed E-state index contributed by atoms with van der Waals surface area (Å²) in [5.41, 5.74) is 0. The van der Waals surface area contributed by atoms with Crippen molar-refractivity contribution in [2.24, 2.45) is 0 Å². The predicted octanol–water partition coefficient (Wildman–Crippen LogP) is 8.99. The number of nitrogens with zero attached hydrogens (tertiary/aromatic N) is 1. The maximum absolute atomic E-state index is 12.2. The van der Waals surface area contributed by atoms with Crippen LogP contribution in [0.5, 0.6) is 11.8 Å². The molecule has 1 rings (SSSR count). The van der Waals surface area contributed by atoms with Crippen LogP contribution in [0.4, 0.5) is 0 Å². The van der Waals surface area contributed by atoms with Gasteiger partial charge in [-0.1, -0.05) is 142 Å². The quantitative estimate of drug-likeness (QED) is 0.102. The lowest BCUT2D eigenvalue weighted by Crippen LogP contribution is -2.12. The molecule has 6 heteroatoms. The van der Waals surface area contributed by atoms with Gasteiger partial charge in [-0.15, -0.1) is 0 Å². The smallest absolute Gasteiger partial charge is 0.210 e. The van der Waals surface area contributed by atoms with Gasteiger partial charge in [-0.05, 0) is 13.3 Å². The van der Waals surface area contributed by atoms with Crippen LogP contribution < -0.4 is 0 Å². The van der Waals surface area contributed by atoms with Crippen LogP contribution in [0.3, 0.4) is 0 Å². The van der Waals surface area contributed by atoms with E-state index in [4.69, 9.17) is 0 Å². The first kappa shape index (κ1) is 34.0. The highest BCUT2D eigenvalue weighted by molar-refractivity contribution is 7.85. The van der Waals surface area contributed by atoms with Gasteiger partial charge in [0.15, 0.2) is 5.88 Å². The third kappa shape index (κ3) is 17.2. The molecule has 0 saturated carbocycles. The number of hydrogen-bond donors (Lipinski definition) is 3. The summed E-state index contributed by atoms with van der Waals surface area (Å²) in [6.07, 6.45) is 28.9. The lowest BCUT2D eigenvalue weighted by molar-refractivity contribution is 0.219. The van der Waals surface area contributed by atoms with Gasteiger partial charge in [-0.3, -0.25) is 8.78 Å². The Morgan fingerprint density at radius 2 is 1.03 bits per heavy atom. The minimum atomic E-state index is -1.52. The molecular weight excluding hydrogens is 482 g/mol. The molecule has 5 nitrogen and oxygen atoms in total. The predicted molar refractivity (Wildman–Crippen MR) is 158 cm³/mol. The molecule has 0 aliphatic rings. The van der Waals surface area contributed by atoms with E-state index in [1.54, 1.807) is 6.92 Å². The van der Waals surface area contributed by atoms with E-state index >= 15 is 0 Å². The van der Waals surface area contributed by atoms with Crippen molar-refractivity contribution >= 4 is 10.8 Å². The van der Waals surface area contributed by atoms with Gasteiger partial charge in [0.2, 0.25) is 5.88 Å². The minimum absolute atomic E-state index is 0.0520. The van der Waals surface area contributed by atoms with Gasteiger partial charge in [0.25, 0.3) is 0 Å². The van der Waals surface area contributed by atoms with Crippen molar-refractivity contribution in [1.29, 1.82) is 0 Å². The van der Waals surface area contributed by atoms with Crippen LogP contribution in [-0.2, 0) is 17.3 Å². The Kier molecular flexibility index (Phi) is 21.1. The van der Waals surface area contributed by atoms with E-state index in [0.29, 0.717) is 6.54 Å². The van der Waals surface area contributed by atoms with E-state index in [1.165, 1.54) is 139 Å². The van der Waals surface area contributed by atoms with Gasteiger partial charge in [0.1, 0.15) is 4.90 Å². The molecule has 3 N–H and O–H groups in total. The first-order valence-electron chi connectivity index (χ1n) is 15.6. The van der Waals surface area contributed by atoms with Crippen molar-refractivity contribution in [1.82, 2.24) is 4.57 Å². The summed E-state index contributed by atoms with van der Waals surface area (Å²) in [7, 11) is -1.52. The Labute approximate surface area is 230 Å². The van der Waals surface area contributed by atoms with Crippen LogP contribution in [0.15, 0.2) is 11.0 Å². The standard InChI is InChI=1S/C31H59NO4S/c1-3-4-5-6-7-8-9-10-11-12-13-14-15-16-17-18-19-20-21-22-23-24-25-32-30(34)26-29(31(32)35)37(36)27-28(2)33/h26,28,33-35H,3-25,27H2,1-2H3. The fraction of sp³-hybridized carbons (Fsp3) is 0.871. The van der Waals surface area contributed by atoms with Crippen LogP contribution in [0.2, 0.25) is 0 Å². The maximum atomic E-state index is 12.2. The van der Waals surface area contributed by atoms with E-state index in [0.717, 1.165) is 12.8 Å². The molecule has 0 aromatic carbocycles. The molecule has 0 aliphatic heterocycles. The van der Waals surface area contributed by atoms with Crippen LogP contribution in [-0.4, -0.2) is 36.0 Å². The van der Waals surface area contributed by atoms with E-state index < -0.39 is 16.9 Å². The van der Waals surface area contributed by atoms with Crippen LogP contribution in [0.1, 0.15) is 155 Å². The highest BCUT2D eigenvalue weighted by atomic mass is 32.2. The fourth-order valence-corrected chi connectivity index (χ4v) is 6.25. The van der Waals surface area contributed by atoms with Crippen molar-refractivity contribution in [3.05, 3.63) is 6.07 Å². The molecule has 37 heavy (non-hydrogen) atoms. The number of aliphatic hydroxyl groups is 1. The Hall–Kier alpha value is -1.01. The number of rotatable bonds is 26. The molecular formula is C31H59NO4S. The van der Waals surface area contributed by atoms with Crippen molar-refractivity contribution in [3.63, 3.8) is 0 Å². The summed E-state index contributed by atoms with van der Waals surface area (Å²) in [6, 6.07) is 1.35. The Morgan fingerprint density at radius 3 is 1.38 bits per heavy atom. The Balaban J connectivity index is 1.87. The average Bonchev–Trinajstić information content (AvgIpc) is 3.15. The van der Waals surface area contributed by atoms with Gasteiger partial charge >= 0.3 is 0 Å². The van der Waals surface area contributed by atoms with Crippen LogP contribution >= 0.6 is 0 Å². The Bertz CT molecular complexity index is 689. The second kappa shape index (κ2) is 22.9. The molecule has 0 fully saturated rings. The second-order valence-corrected chi connectivity index (χ2v) is 12.6. The molecule has 0 bridgehead atoms. The fourth-order valence-electron chi connectivity index (χ4n) is 5.08. The molecule has 0 saturated heterocycles. The number of aliphatic hydroxyl groups excluding tert-OH is 1. The minimum Gasteiger partial charge on any atom is -0.494 e. The summed E-state index contributed by atoms with van der Waals surface area (Å²) in [5, 5.41) is 29.8. The molecule has 0 spiro atoms. The SMILES string of the molecule is CCCCCCCCCCCCCCCCCCCCCCCCn1c(O)cc(S(=O)CC(C)O)c1O. The van der Waals surface area contributed by atoms with Crippen LogP contribution in [0, 0.1) is 0 Å². The first-order chi connectivity index (χ1) is 18.0. The highest BCUT2D eigenvalue weighted by Crippen LogP contribution is 2.31. The van der Waals surface area contributed by atoms with E-state index in [9.17, 15) is 19.5 Å². The number of hydrogen-bond acceptors (Lipinski definition) is 4. The summed E-state index contributed by atoms with van der Waals surface area (Å²) in [4.78, 5) is 0.206. The zero-order valence-electron chi connectivity index (χ0n) is 24.2. The molecule has 0 amide bonds. The summed E-state index contributed by atoms with van der Waals surface area (Å²) in [5.74, 6) is -0.147. The van der Waals surface area contributed by atoms with E-state index in [-0.39, 0.29) is 22.4 Å². The van der Waals surface area contributed by atoms with Crippen molar-refractivity contribution in [2.75, 3.05) is 5.75 Å². The van der Waals surface area contributed by atoms with E-state index in [2.05, 4.69) is 6.92 Å². The summed E-state index contributed by atoms with van der Waals surface area (Å²) in [6.45, 7) is 4.36.